The van der Waals surface area contributed by atoms with Crippen molar-refractivity contribution in [2.24, 2.45) is 71.0 Å². The Hall–Kier alpha value is 1.28. The third-order valence-electron chi connectivity index (χ3n) is 15.3. The molecule has 2 saturated heterocycles. The van der Waals surface area contributed by atoms with Crippen molar-refractivity contribution in [1.29, 1.82) is 0 Å². The Morgan fingerprint density at radius 2 is 0.982 bits per heavy atom. The molecule has 0 amide bonds. The molecule has 0 aromatic rings. The molecule has 2 fully saturated rings. The zero-order valence-corrected chi connectivity index (χ0v) is 46.9. The fraction of sp³-hybridized carbons (Fsp3) is 1.00. The summed E-state index contributed by atoms with van der Waals surface area (Å²) < 4.78 is 69.2. The first-order chi connectivity index (χ1) is 25.9. The van der Waals surface area contributed by atoms with Gasteiger partial charge in [-0.3, -0.25) is 0 Å². The predicted molar refractivity (Wildman–Crippen MR) is 240 cm³/mol. The zero-order chi connectivity index (χ0) is 44.9. The topological polar surface area (TPSA) is 102 Å². The van der Waals surface area contributed by atoms with Crippen molar-refractivity contribution in [3.05, 3.63) is 0 Å². The van der Waals surface area contributed by atoms with Crippen LogP contribution in [0, 0.1) is 71.0 Å². The van der Waals surface area contributed by atoms with E-state index in [-0.39, 0.29) is 23.7 Å². The molecule has 12 unspecified atom stereocenters. The van der Waals surface area contributed by atoms with Gasteiger partial charge < -0.3 is 45.5 Å². The van der Waals surface area contributed by atoms with E-state index in [2.05, 4.69) is 143 Å². The molecule has 2 aliphatic heterocycles. The van der Waals surface area contributed by atoms with Crippen LogP contribution in [0.2, 0.25) is 17.4 Å². The van der Waals surface area contributed by atoms with Crippen LogP contribution < -0.4 is 0 Å². The van der Waals surface area contributed by atoms with Crippen molar-refractivity contribution in [2.45, 2.75) is 166 Å². The molecule has 2 heterocycles. The van der Waals surface area contributed by atoms with Gasteiger partial charge in [0.05, 0.1) is 16.8 Å². The van der Waals surface area contributed by atoms with Gasteiger partial charge in [-0.25, -0.2) is 0 Å². The lowest BCUT2D eigenvalue weighted by Gasteiger charge is -2.50. The summed E-state index contributed by atoms with van der Waals surface area (Å²) in [4.78, 5) is 0. The van der Waals surface area contributed by atoms with E-state index in [1.807, 2.05) is 5.79 Å². The molecule has 57 heavy (non-hydrogen) atoms. The van der Waals surface area contributed by atoms with E-state index in [9.17, 15) is 0 Å². The lowest BCUT2D eigenvalue weighted by atomic mass is 9.65. The standard InChI is InChI=1S/C20H42O7Si2.C18H39O4Si.3CH3.2Al/c1-13(2)19(9)17(7)15(5)16(6)18(8)20(10,14(3)4)26-29(22,24-12)27-28(21,23-11)25-19;1-12(2)14(5)16(7)18(9,17(8)15(6)13(3)4)22-23(19,20-10)21-11;;;;;/h13-18H,1-12H3;12-17H,1-11H3;3*1H3;;/q-2;-1;;;;+1;+2. The first kappa shape index (κ1) is 56.3. The average molecular weight is 897 g/mol. The molecular formula is C41H90Al2O11Si3. The number of hydrogen-bond acceptors (Lipinski definition) is 11. The molecule has 12 atom stereocenters. The molecule has 2 aliphatic rings. The fourth-order valence-corrected chi connectivity index (χ4v) is 23.7. The van der Waals surface area contributed by atoms with Crippen LogP contribution >= 0.6 is 0 Å². The monoisotopic (exact) mass is 897 g/mol. The van der Waals surface area contributed by atoms with Gasteiger partial charge in [0, 0.05) is 28.4 Å². The quantitative estimate of drug-likeness (QED) is 0.138. The zero-order valence-electron chi connectivity index (χ0n) is 41.6. The van der Waals surface area contributed by atoms with Crippen LogP contribution in [0.5, 0.6) is 0 Å². The van der Waals surface area contributed by atoms with Crippen LogP contribution in [0.1, 0.15) is 132 Å². The Morgan fingerprint density at radius 3 is 1.23 bits per heavy atom. The van der Waals surface area contributed by atoms with E-state index in [0.29, 0.717) is 47.3 Å². The van der Waals surface area contributed by atoms with Gasteiger partial charge in [0.1, 0.15) is 0 Å². The molecule has 2 bridgehead atoms. The van der Waals surface area contributed by atoms with Crippen molar-refractivity contribution in [1.82, 2.24) is 0 Å². The third-order valence-corrected chi connectivity index (χ3v) is 29.4. The van der Waals surface area contributed by atoms with E-state index < -0.39 is 73.2 Å². The second-order valence-corrected chi connectivity index (χ2v) is 31.8. The molecule has 338 valence electrons. The van der Waals surface area contributed by atoms with Gasteiger partial charge in [0.25, 0.3) is 0 Å². The Bertz CT molecular complexity index is 1130. The highest BCUT2D eigenvalue weighted by atomic mass is 28.5. The van der Waals surface area contributed by atoms with E-state index in [1.54, 1.807) is 28.4 Å². The van der Waals surface area contributed by atoms with Crippen molar-refractivity contribution < 1.29 is 45.5 Å². The van der Waals surface area contributed by atoms with Crippen molar-refractivity contribution in [2.75, 3.05) is 28.4 Å². The summed E-state index contributed by atoms with van der Waals surface area (Å²) in [6, 6.07) is 0. The molecule has 0 saturated carbocycles. The molecule has 16 heteroatoms. The van der Waals surface area contributed by atoms with Gasteiger partial charge in [-0.15, -0.1) is 0 Å². The minimum absolute atomic E-state index is 0.218. The van der Waals surface area contributed by atoms with E-state index in [0.717, 1.165) is 0 Å². The summed E-state index contributed by atoms with van der Waals surface area (Å²) in [5, 5.41) is 0. The van der Waals surface area contributed by atoms with Gasteiger partial charge in [-0.1, -0.05) is 128 Å². The van der Waals surface area contributed by atoms with Crippen LogP contribution in [0.25, 0.3) is 0 Å². The summed E-state index contributed by atoms with van der Waals surface area (Å²) >= 11 is -3.58. The minimum Gasteiger partial charge on any atom is -0.481 e. The molecule has 0 spiro atoms. The third kappa shape index (κ3) is 12.9. The normalized spacial score (nSPS) is 34.9. The smallest absolute Gasteiger partial charge is 0.481 e. The minimum atomic E-state index is -3.59. The van der Waals surface area contributed by atoms with E-state index in [4.69, 9.17) is 45.5 Å². The summed E-state index contributed by atoms with van der Waals surface area (Å²) in [6.07, 6.45) is 0. The largest absolute Gasteiger partial charge is 0.658 e. The molecular weight excluding hydrogens is 807 g/mol. The molecule has 0 N–H and O–H groups in total. The Morgan fingerprint density at radius 1 is 0.649 bits per heavy atom. The lowest BCUT2D eigenvalue weighted by molar-refractivity contribution is -0.135. The fourth-order valence-electron chi connectivity index (χ4n) is 8.60. The summed E-state index contributed by atoms with van der Waals surface area (Å²) in [6.45, 7) is 42.9. The molecule has 11 nitrogen and oxygen atoms in total. The van der Waals surface area contributed by atoms with Crippen molar-refractivity contribution in [3.8, 4) is 0 Å². The summed E-state index contributed by atoms with van der Waals surface area (Å²) in [7, 11) is -3.85. The van der Waals surface area contributed by atoms with Crippen molar-refractivity contribution in [3.63, 3.8) is 0 Å². The van der Waals surface area contributed by atoms with Gasteiger partial charge in [0.15, 0.2) is 0 Å². The van der Waals surface area contributed by atoms with Gasteiger partial charge >= 0.3 is 56.4 Å². The summed E-state index contributed by atoms with van der Waals surface area (Å²) in [5.74, 6) is 10.7. The average Bonchev–Trinajstić information content (AvgIpc) is 3.14. The predicted octanol–water partition coefficient (Wildman–Crippen LogP) is 10.4. The maximum absolute atomic E-state index is 6.83. The maximum atomic E-state index is 6.83. The lowest BCUT2D eigenvalue weighted by Crippen LogP contribution is -2.72. The van der Waals surface area contributed by atoms with E-state index in [1.165, 1.54) is 0 Å². The number of fused-ring (bicyclic) bond motifs is 2. The highest BCUT2D eigenvalue weighted by Gasteiger charge is 2.70. The molecule has 0 aromatic carbocycles. The molecule has 0 aliphatic carbocycles. The van der Waals surface area contributed by atoms with Crippen molar-refractivity contribution >= 4 is 56.4 Å². The SMILES string of the molecule is CO[Si](OC)([O][Al]([CH3])[CH3])OC(C)(C(C)C(C)C(C)C)C(C)C(C)C(C)C.CO[Si]12[O][Al]([CH3])[O][Si](OC)(OC(C)(C(C)C)C(C)C(C)C(C)C(C)C(C)(C(C)C)O1)O2. The Labute approximate surface area is 365 Å². The van der Waals surface area contributed by atoms with Crippen LogP contribution in [0.4, 0.5) is 0 Å². The van der Waals surface area contributed by atoms with Gasteiger partial charge in [0.2, 0.25) is 0 Å². The number of hydrogen-bond donors (Lipinski definition) is 0. The number of rotatable bonds is 16. The van der Waals surface area contributed by atoms with E-state index >= 15 is 0 Å². The van der Waals surface area contributed by atoms with Gasteiger partial charge in [-0.2, -0.15) is 0 Å². The molecule has 2 rings (SSSR count). The van der Waals surface area contributed by atoms with Crippen LogP contribution in [0.15, 0.2) is 0 Å². The Kier molecular flexibility index (Phi) is 22.0. The second-order valence-electron chi connectivity index (χ2n) is 19.6. The van der Waals surface area contributed by atoms with Crippen LogP contribution in [0.3, 0.4) is 0 Å². The van der Waals surface area contributed by atoms with Gasteiger partial charge in [-0.05, 0) is 91.8 Å². The highest BCUT2D eigenvalue weighted by Crippen LogP contribution is 2.49. The first-order valence-electron chi connectivity index (χ1n) is 21.9. The Balaban J connectivity index is 0.000000581. The molecule has 0 aromatic heterocycles. The maximum Gasteiger partial charge on any atom is 0.658 e. The van der Waals surface area contributed by atoms with Crippen LogP contribution in [-0.4, -0.2) is 102 Å². The summed E-state index contributed by atoms with van der Waals surface area (Å²) in [5.41, 5.74) is -1.43. The first-order valence-corrected chi connectivity index (χ1v) is 31.7. The molecule has 0 radical (unpaired) electrons. The highest BCUT2D eigenvalue weighted by molar-refractivity contribution is 6.79. The second kappa shape index (κ2) is 22.3. The van der Waals surface area contributed by atoms with Crippen LogP contribution in [-0.2, 0) is 45.5 Å².